The monoisotopic (exact) mass is 292 g/mol. The molecule has 2 aliphatic rings. The molecule has 114 valence electrons. The van der Waals surface area contributed by atoms with E-state index in [-0.39, 0.29) is 17.5 Å². The van der Waals surface area contributed by atoms with Crippen molar-refractivity contribution in [1.29, 1.82) is 0 Å². The molecular formula is C13H20N6O2. The fourth-order valence-corrected chi connectivity index (χ4v) is 2.95. The summed E-state index contributed by atoms with van der Waals surface area (Å²) in [7, 11) is 0. The first-order valence-electron chi connectivity index (χ1n) is 7.33. The third-order valence-corrected chi connectivity index (χ3v) is 4.33. The predicted octanol–water partition coefficient (Wildman–Crippen LogP) is 1.83. The van der Waals surface area contributed by atoms with Crippen LogP contribution in [0.1, 0.15) is 31.4 Å². The zero-order valence-corrected chi connectivity index (χ0v) is 12.0. The molecule has 1 aromatic heterocycles. The van der Waals surface area contributed by atoms with Gasteiger partial charge in [0.15, 0.2) is 0 Å². The maximum Gasteiger partial charge on any atom is 0.332 e. The Morgan fingerprint density at radius 2 is 1.95 bits per heavy atom. The molecular weight excluding hydrogens is 272 g/mol. The van der Waals surface area contributed by atoms with Crippen LogP contribution in [-0.2, 0) is 0 Å². The van der Waals surface area contributed by atoms with Gasteiger partial charge in [0.2, 0.25) is 11.8 Å². The van der Waals surface area contributed by atoms with Crippen molar-refractivity contribution < 1.29 is 4.92 Å². The molecule has 2 saturated carbocycles. The fraction of sp³-hybridized carbons (Fsp3) is 0.692. The molecule has 0 bridgehead atoms. The largest absolute Gasteiger partial charge is 0.364 e. The minimum Gasteiger partial charge on any atom is -0.364 e. The Morgan fingerprint density at radius 3 is 2.43 bits per heavy atom. The lowest BCUT2D eigenvalue weighted by Gasteiger charge is -2.17. The van der Waals surface area contributed by atoms with Gasteiger partial charge in [-0.25, -0.2) is 10.8 Å². The summed E-state index contributed by atoms with van der Waals surface area (Å²) in [6.07, 6.45) is 5.12. The Labute approximate surface area is 122 Å². The molecule has 0 unspecified atom stereocenters. The van der Waals surface area contributed by atoms with Gasteiger partial charge in [0.05, 0.1) is 4.92 Å². The fourth-order valence-electron chi connectivity index (χ4n) is 2.95. The van der Waals surface area contributed by atoms with Gasteiger partial charge in [0.25, 0.3) is 0 Å². The van der Waals surface area contributed by atoms with Crippen LogP contribution in [0.15, 0.2) is 0 Å². The molecule has 0 saturated heterocycles. The molecule has 1 aromatic rings. The van der Waals surface area contributed by atoms with Crippen LogP contribution in [0.4, 0.5) is 17.5 Å². The zero-order valence-electron chi connectivity index (χ0n) is 12.0. The normalized spacial score (nSPS) is 17.9. The van der Waals surface area contributed by atoms with E-state index in [0.29, 0.717) is 11.6 Å². The van der Waals surface area contributed by atoms with E-state index in [9.17, 15) is 10.1 Å². The van der Waals surface area contributed by atoms with E-state index in [0.717, 1.165) is 18.4 Å². The highest BCUT2D eigenvalue weighted by Gasteiger charge is 2.41. The Morgan fingerprint density at radius 1 is 1.33 bits per heavy atom. The second-order valence-electron chi connectivity index (χ2n) is 5.95. The number of anilines is 2. The zero-order chi connectivity index (χ0) is 15.0. The minimum atomic E-state index is -0.443. The Balaban J connectivity index is 1.79. The Bertz CT molecular complexity index is 544. The molecule has 1 heterocycles. The summed E-state index contributed by atoms with van der Waals surface area (Å²) in [5, 5.41) is 14.4. The molecule has 2 aliphatic carbocycles. The molecule has 0 atom stereocenters. The van der Waals surface area contributed by atoms with Gasteiger partial charge in [0.1, 0.15) is 5.69 Å². The van der Waals surface area contributed by atoms with Crippen LogP contribution in [0.2, 0.25) is 0 Å². The summed E-state index contributed by atoms with van der Waals surface area (Å²) in [5.74, 6) is 7.92. The number of aromatic nitrogens is 2. The molecule has 8 heteroatoms. The van der Waals surface area contributed by atoms with E-state index >= 15 is 0 Å². The predicted molar refractivity (Wildman–Crippen MR) is 78.7 cm³/mol. The molecule has 0 aromatic carbocycles. The number of nitrogen functional groups attached to an aromatic ring is 1. The minimum absolute atomic E-state index is 0.0701. The first-order valence-corrected chi connectivity index (χ1v) is 7.33. The molecule has 2 fully saturated rings. The van der Waals surface area contributed by atoms with Gasteiger partial charge in [-0.05, 0) is 50.4 Å². The van der Waals surface area contributed by atoms with Gasteiger partial charge in [-0.1, -0.05) is 0 Å². The van der Waals surface area contributed by atoms with Crippen LogP contribution in [0.3, 0.4) is 0 Å². The van der Waals surface area contributed by atoms with Crippen molar-refractivity contribution in [3.05, 3.63) is 15.8 Å². The SMILES string of the molecule is Cc1nc(NN)nc(NCC(C2CC2)C2CC2)c1[N+](=O)[O-]. The van der Waals surface area contributed by atoms with Crippen LogP contribution in [0.25, 0.3) is 0 Å². The number of nitrogens with one attached hydrogen (secondary N) is 2. The summed E-state index contributed by atoms with van der Waals surface area (Å²) in [6, 6.07) is 0. The van der Waals surface area contributed by atoms with E-state index in [1.165, 1.54) is 25.7 Å². The van der Waals surface area contributed by atoms with Gasteiger partial charge < -0.3 is 5.32 Å². The summed E-state index contributed by atoms with van der Waals surface area (Å²) in [5.41, 5.74) is 2.58. The number of aryl methyl sites for hydroxylation is 1. The van der Waals surface area contributed by atoms with Crippen molar-refractivity contribution in [3.8, 4) is 0 Å². The second-order valence-corrected chi connectivity index (χ2v) is 5.95. The van der Waals surface area contributed by atoms with Crippen molar-refractivity contribution >= 4 is 17.5 Å². The summed E-state index contributed by atoms with van der Waals surface area (Å²) >= 11 is 0. The Hall–Kier alpha value is -1.96. The average molecular weight is 292 g/mol. The van der Waals surface area contributed by atoms with Crippen molar-refractivity contribution in [2.75, 3.05) is 17.3 Å². The van der Waals surface area contributed by atoms with Crippen molar-refractivity contribution in [3.63, 3.8) is 0 Å². The highest BCUT2D eigenvalue weighted by Crippen LogP contribution is 2.49. The molecule has 0 spiro atoms. The number of hydrazine groups is 1. The number of nitrogens with zero attached hydrogens (tertiary/aromatic N) is 3. The van der Waals surface area contributed by atoms with Gasteiger partial charge >= 0.3 is 5.69 Å². The lowest BCUT2D eigenvalue weighted by Crippen LogP contribution is -2.21. The average Bonchev–Trinajstić information content (AvgIpc) is 3.31. The van der Waals surface area contributed by atoms with E-state index in [1.54, 1.807) is 6.92 Å². The van der Waals surface area contributed by atoms with Gasteiger partial charge in [-0.2, -0.15) is 4.98 Å². The molecule has 3 rings (SSSR count). The molecule has 0 aliphatic heterocycles. The number of rotatable bonds is 7. The maximum atomic E-state index is 11.2. The van der Waals surface area contributed by atoms with Crippen LogP contribution in [0, 0.1) is 34.8 Å². The first kappa shape index (κ1) is 14.0. The lowest BCUT2D eigenvalue weighted by atomic mass is 9.98. The molecule has 8 nitrogen and oxygen atoms in total. The summed E-state index contributed by atoms with van der Waals surface area (Å²) in [4.78, 5) is 18.8. The lowest BCUT2D eigenvalue weighted by molar-refractivity contribution is -0.385. The highest BCUT2D eigenvalue weighted by atomic mass is 16.6. The number of hydrogen-bond donors (Lipinski definition) is 3. The van der Waals surface area contributed by atoms with E-state index < -0.39 is 4.92 Å². The number of nitrogens with two attached hydrogens (primary N) is 1. The van der Waals surface area contributed by atoms with Crippen molar-refractivity contribution in [2.45, 2.75) is 32.6 Å². The topological polar surface area (TPSA) is 119 Å². The highest BCUT2D eigenvalue weighted by molar-refractivity contribution is 5.60. The van der Waals surface area contributed by atoms with E-state index in [4.69, 9.17) is 5.84 Å². The van der Waals surface area contributed by atoms with Crippen molar-refractivity contribution in [1.82, 2.24) is 9.97 Å². The van der Waals surface area contributed by atoms with Gasteiger partial charge in [-0.3, -0.25) is 15.5 Å². The quantitative estimate of drug-likeness (QED) is 0.398. The summed E-state index contributed by atoms with van der Waals surface area (Å²) in [6.45, 7) is 2.32. The van der Waals surface area contributed by atoms with Crippen molar-refractivity contribution in [2.24, 2.45) is 23.6 Å². The smallest absolute Gasteiger partial charge is 0.332 e. The van der Waals surface area contributed by atoms with Crippen LogP contribution in [-0.4, -0.2) is 21.4 Å². The number of nitro groups is 1. The standard InChI is InChI=1S/C13H20N6O2/c1-7-11(19(20)21)12(17-13(16-7)18-14)15-6-10(8-2-3-8)9-4-5-9/h8-10H,2-6,14H2,1H3,(H2,15,16,17,18). The van der Waals surface area contributed by atoms with Crippen LogP contribution in [0.5, 0.6) is 0 Å². The Kier molecular flexibility index (Phi) is 3.62. The molecule has 4 N–H and O–H groups in total. The van der Waals surface area contributed by atoms with Crippen LogP contribution < -0.4 is 16.6 Å². The van der Waals surface area contributed by atoms with E-state index in [2.05, 4.69) is 20.7 Å². The third-order valence-electron chi connectivity index (χ3n) is 4.33. The third kappa shape index (κ3) is 3.05. The van der Waals surface area contributed by atoms with Crippen LogP contribution >= 0.6 is 0 Å². The van der Waals surface area contributed by atoms with Gasteiger partial charge in [0, 0.05) is 6.54 Å². The molecule has 0 radical (unpaired) electrons. The molecule has 21 heavy (non-hydrogen) atoms. The number of hydrogen-bond acceptors (Lipinski definition) is 7. The second kappa shape index (κ2) is 5.44. The van der Waals surface area contributed by atoms with E-state index in [1.807, 2.05) is 0 Å². The van der Waals surface area contributed by atoms with Gasteiger partial charge in [-0.15, -0.1) is 0 Å². The first-order chi connectivity index (χ1) is 10.1. The maximum absolute atomic E-state index is 11.2. The molecule has 0 amide bonds. The summed E-state index contributed by atoms with van der Waals surface area (Å²) < 4.78 is 0.